The van der Waals surface area contributed by atoms with Crippen LogP contribution in [0, 0.1) is 6.92 Å². The lowest BCUT2D eigenvalue weighted by Crippen LogP contribution is -2.28. The fourth-order valence-electron chi connectivity index (χ4n) is 2.47. The van der Waals surface area contributed by atoms with Crippen molar-refractivity contribution in [1.29, 1.82) is 0 Å². The number of benzene rings is 1. The third-order valence-electron chi connectivity index (χ3n) is 4.13. The molecule has 0 unspecified atom stereocenters. The molecule has 1 N–H and O–H groups in total. The maximum Gasteiger partial charge on any atom is 0.322 e. The number of carbonyl (C=O) groups excluding carboxylic acids is 1. The molecule has 1 amide bonds. The zero-order valence-electron chi connectivity index (χ0n) is 16.2. The van der Waals surface area contributed by atoms with Crippen molar-refractivity contribution in [1.82, 2.24) is 19.5 Å². The summed E-state index contributed by atoms with van der Waals surface area (Å²) in [5, 5.41) is 12.8. The van der Waals surface area contributed by atoms with Crippen LogP contribution in [0.3, 0.4) is 0 Å². The van der Waals surface area contributed by atoms with Gasteiger partial charge in [-0.1, -0.05) is 18.4 Å². The lowest BCUT2D eigenvalue weighted by molar-refractivity contribution is 0.102. The monoisotopic (exact) mass is 435 g/mol. The van der Waals surface area contributed by atoms with E-state index in [0.29, 0.717) is 12.2 Å². The van der Waals surface area contributed by atoms with Gasteiger partial charge in [-0.05, 0) is 37.6 Å². The van der Waals surface area contributed by atoms with Crippen molar-refractivity contribution in [3.8, 4) is 11.6 Å². The molecule has 3 rings (SSSR count). The molecular weight excluding hydrogens is 414 g/mol. The smallest absolute Gasteiger partial charge is 0.322 e. The molecule has 29 heavy (non-hydrogen) atoms. The van der Waals surface area contributed by atoms with Gasteiger partial charge in [-0.25, -0.2) is 17.7 Å². The summed E-state index contributed by atoms with van der Waals surface area (Å²) >= 11 is 1.45. The average Bonchev–Trinajstić information content (AvgIpc) is 3.35. The summed E-state index contributed by atoms with van der Waals surface area (Å²) in [4.78, 5) is 16.8. The number of aromatic nitrogens is 3. The minimum absolute atomic E-state index is 0.0633. The predicted molar refractivity (Wildman–Crippen MR) is 109 cm³/mol. The van der Waals surface area contributed by atoms with Gasteiger partial charge in [-0.15, -0.1) is 16.4 Å². The Balaban J connectivity index is 1.69. The SMILES string of the molecule is CCCCN(C)S(=O)(=O)c1ccc(C(=O)Nc2nnc(-c3csc(C)n3)o2)cc1. The van der Waals surface area contributed by atoms with E-state index < -0.39 is 15.9 Å². The number of nitrogens with zero attached hydrogens (tertiary/aromatic N) is 4. The largest absolute Gasteiger partial charge is 0.401 e. The van der Waals surface area contributed by atoms with Gasteiger partial charge in [0.1, 0.15) is 5.69 Å². The lowest BCUT2D eigenvalue weighted by atomic mass is 10.2. The van der Waals surface area contributed by atoms with Crippen LogP contribution in [0.1, 0.15) is 35.1 Å². The lowest BCUT2D eigenvalue weighted by Gasteiger charge is -2.16. The van der Waals surface area contributed by atoms with E-state index in [-0.39, 0.29) is 22.4 Å². The molecule has 154 valence electrons. The Labute approximate surface area is 172 Å². The molecule has 0 aliphatic rings. The van der Waals surface area contributed by atoms with E-state index in [2.05, 4.69) is 20.5 Å². The highest BCUT2D eigenvalue weighted by atomic mass is 32.2. The average molecular weight is 436 g/mol. The zero-order chi connectivity index (χ0) is 21.0. The van der Waals surface area contributed by atoms with Gasteiger partial charge in [0.2, 0.25) is 10.0 Å². The molecule has 9 nitrogen and oxygen atoms in total. The molecule has 2 heterocycles. The van der Waals surface area contributed by atoms with Crippen molar-refractivity contribution in [2.24, 2.45) is 0 Å². The molecule has 2 aromatic heterocycles. The first kappa shape index (κ1) is 21.1. The minimum atomic E-state index is -3.58. The normalized spacial score (nSPS) is 11.7. The Kier molecular flexibility index (Phi) is 6.40. The molecule has 0 aliphatic heterocycles. The molecule has 0 aliphatic carbocycles. The van der Waals surface area contributed by atoms with Crippen LogP contribution in [-0.2, 0) is 10.0 Å². The van der Waals surface area contributed by atoms with Gasteiger partial charge in [-0.2, -0.15) is 0 Å². The van der Waals surface area contributed by atoms with Gasteiger partial charge in [0.15, 0.2) is 0 Å². The second-order valence-electron chi connectivity index (χ2n) is 6.32. The topological polar surface area (TPSA) is 118 Å². The maximum atomic E-state index is 12.5. The Hall–Kier alpha value is -2.63. The maximum absolute atomic E-state index is 12.5. The number of thiazole rings is 1. The van der Waals surface area contributed by atoms with Crippen LogP contribution in [0.5, 0.6) is 0 Å². The molecule has 11 heteroatoms. The van der Waals surface area contributed by atoms with E-state index >= 15 is 0 Å². The van der Waals surface area contributed by atoms with Gasteiger partial charge in [0.05, 0.1) is 9.90 Å². The molecule has 1 aromatic carbocycles. The Morgan fingerprint density at radius 2 is 1.97 bits per heavy atom. The van der Waals surface area contributed by atoms with Crippen molar-refractivity contribution in [3.05, 3.63) is 40.2 Å². The van der Waals surface area contributed by atoms with Crippen LogP contribution in [0.25, 0.3) is 11.6 Å². The predicted octanol–water partition coefficient (Wildman–Crippen LogP) is 3.17. The number of amides is 1. The molecule has 0 saturated carbocycles. The molecule has 3 aromatic rings. The summed E-state index contributed by atoms with van der Waals surface area (Å²) < 4.78 is 31.8. The van der Waals surface area contributed by atoms with Crippen LogP contribution in [0.2, 0.25) is 0 Å². The first-order chi connectivity index (χ1) is 13.8. The first-order valence-corrected chi connectivity index (χ1v) is 11.3. The third kappa shape index (κ3) is 4.86. The number of nitrogens with one attached hydrogen (secondary N) is 1. The number of hydrogen-bond acceptors (Lipinski definition) is 8. The second kappa shape index (κ2) is 8.80. The number of aryl methyl sites for hydroxylation is 1. The molecule has 0 spiro atoms. The fourth-order valence-corrected chi connectivity index (χ4v) is 4.26. The summed E-state index contributed by atoms with van der Waals surface area (Å²) in [5.74, 6) is -0.279. The Morgan fingerprint density at radius 3 is 2.59 bits per heavy atom. The highest BCUT2D eigenvalue weighted by Crippen LogP contribution is 2.22. The molecule has 0 fully saturated rings. The van der Waals surface area contributed by atoms with Gasteiger partial charge >= 0.3 is 6.01 Å². The second-order valence-corrected chi connectivity index (χ2v) is 9.43. The van der Waals surface area contributed by atoms with Crippen LogP contribution in [0.15, 0.2) is 39.0 Å². The highest BCUT2D eigenvalue weighted by molar-refractivity contribution is 7.89. The molecular formula is C18H21N5O4S2. The van der Waals surface area contributed by atoms with Crippen molar-refractivity contribution >= 4 is 33.3 Å². The number of rotatable bonds is 8. The summed E-state index contributed by atoms with van der Waals surface area (Å²) in [5.41, 5.74) is 0.812. The number of carbonyl (C=O) groups is 1. The summed E-state index contributed by atoms with van der Waals surface area (Å²) in [6, 6.07) is 5.63. The minimum Gasteiger partial charge on any atom is -0.401 e. The van der Waals surface area contributed by atoms with E-state index in [1.54, 1.807) is 12.4 Å². The number of sulfonamides is 1. The van der Waals surface area contributed by atoms with Crippen LogP contribution >= 0.6 is 11.3 Å². The van der Waals surface area contributed by atoms with E-state index in [4.69, 9.17) is 4.42 Å². The van der Waals surface area contributed by atoms with E-state index in [9.17, 15) is 13.2 Å². The molecule has 0 radical (unpaired) electrons. The van der Waals surface area contributed by atoms with Crippen molar-refractivity contribution in [2.75, 3.05) is 18.9 Å². The molecule has 0 saturated heterocycles. The van der Waals surface area contributed by atoms with E-state index in [0.717, 1.165) is 17.8 Å². The fraction of sp³-hybridized carbons (Fsp3) is 0.333. The van der Waals surface area contributed by atoms with Crippen molar-refractivity contribution in [2.45, 2.75) is 31.6 Å². The van der Waals surface area contributed by atoms with Gasteiger partial charge in [0, 0.05) is 24.5 Å². The summed E-state index contributed by atoms with van der Waals surface area (Å²) in [7, 11) is -2.04. The standard InChI is InChI=1S/C18H21N5O4S2/c1-4-5-10-23(3)29(25,26)14-8-6-13(7-9-14)16(24)20-18-22-21-17(27-18)15-11-28-12(2)19-15/h6-9,11H,4-5,10H2,1-3H3,(H,20,22,24). The van der Waals surface area contributed by atoms with Crippen LogP contribution in [0.4, 0.5) is 6.01 Å². The van der Waals surface area contributed by atoms with E-state index in [1.807, 2.05) is 13.8 Å². The number of hydrogen-bond donors (Lipinski definition) is 1. The first-order valence-electron chi connectivity index (χ1n) is 8.95. The van der Waals surface area contributed by atoms with Crippen molar-refractivity contribution < 1.29 is 17.6 Å². The highest BCUT2D eigenvalue weighted by Gasteiger charge is 2.21. The van der Waals surface area contributed by atoms with Gasteiger partial charge in [-0.3, -0.25) is 10.1 Å². The van der Waals surface area contributed by atoms with Crippen LogP contribution < -0.4 is 5.32 Å². The quantitative estimate of drug-likeness (QED) is 0.577. The Morgan fingerprint density at radius 1 is 1.24 bits per heavy atom. The summed E-state index contributed by atoms with van der Waals surface area (Å²) in [6.07, 6.45) is 1.68. The number of unbranched alkanes of at least 4 members (excludes halogenated alkanes) is 1. The van der Waals surface area contributed by atoms with Crippen molar-refractivity contribution in [3.63, 3.8) is 0 Å². The Bertz CT molecular complexity index is 1090. The summed E-state index contributed by atoms with van der Waals surface area (Å²) in [6.45, 7) is 4.30. The van der Waals surface area contributed by atoms with Gasteiger partial charge < -0.3 is 4.42 Å². The van der Waals surface area contributed by atoms with E-state index in [1.165, 1.54) is 39.9 Å². The zero-order valence-corrected chi connectivity index (χ0v) is 17.9. The molecule has 0 atom stereocenters. The third-order valence-corrected chi connectivity index (χ3v) is 6.78. The van der Waals surface area contributed by atoms with Crippen LogP contribution in [-0.4, -0.2) is 47.4 Å². The van der Waals surface area contributed by atoms with Gasteiger partial charge in [0.25, 0.3) is 11.8 Å². The number of anilines is 1. The molecule has 0 bridgehead atoms.